The zero-order chi connectivity index (χ0) is 21.4. The van der Waals surface area contributed by atoms with Gasteiger partial charge in [-0.1, -0.05) is 48.3 Å². The van der Waals surface area contributed by atoms with E-state index in [0.717, 1.165) is 11.1 Å². The van der Waals surface area contributed by atoms with Gasteiger partial charge in [0.2, 0.25) is 11.8 Å². The molecule has 8 heteroatoms. The van der Waals surface area contributed by atoms with Gasteiger partial charge in [0.25, 0.3) is 0 Å². The Morgan fingerprint density at radius 3 is 2.28 bits per heavy atom. The first-order chi connectivity index (χ1) is 13.8. The van der Waals surface area contributed by atoms with Gasteiger partial charge in [0.1, 0.15) is 5.82 Å². The SMILES string of the molecule is CCN(CC(=O)NCc1ccc(F)cc1)CC(=O)N(C)Cc1ccc(Cl)c(Cl)c1. The number of likely N-dealkylation sites (N-methyl/N-ethyl adjacent to an activating group) is 2. The highest BCUT2D eigenvalue weighted by atomic mass is 35.5. The van der Waals surface area contributed by atoms with Crippen LogP contribution in [0.5, 0.6) is 0 Å². The predicted molar refractivity (Wildman–Crippen MR) is 113 cm³/mol. The molecule has 2 amide bonds. The Hall–Kier alpha value is -2.15. The zero-order valence-electron chi connectivity index (χ0n) is 16.4. The van der Waals surface area contributed by atoms with E-state index in [1.807, 2.05) is 13.0 Å². The Balaban J connectivity index is 1.82. The van der Waals surface area contributed by atoms with Crippen molar-refractivity contribution in [2.24, 2.45) is 0 Å². The summed E-state index contributed by atoms with van der Waals surface area (Å²) in [6.07, 6.45) is 0. The summed E-state index contributed by atoms with van der Waals surface area (Å²) in [5.74, 6) is -0.624. The van der Waals surface area contributed by atoms with Crippen LogP contribution in [-0.4, -0.2) is 48.3 Å². The van der Waals surface area contributed by atoms with Crippen LogP contribution in [0.3, 0.4) is 0 Å². The van der Waals surface area contributed by atoms with Gasteiger partial charge < -0.3 is 10.2 Å². The lowest BCUT2D eigenvalue weighted by atomic mass is 10.2. The Kier molecular flexibility index (Phi) is 8.89. The van der Waals surface area contributed by atoms with Crippen LogP contribution in [0.1, 0.15) is 18.1 Å². The lowest BCUT2D eigenvalue weighted by Gasteiger charge is -2.24. The van der Waals surface area contributed by atoms with Crippen LogP contribution in [-0.2, 0) is 22.7 Å². The van der Waals surface area contributed by atoms with Gasteiger partial charge in [0.05, 0.1) is 23.1 Å². The number of halogens is 3. The summed E-state index contributed by atoms with van der Waals surface area (Å²) in [5.41, 5.74) is 1.68. The molecular formula is C21H24Cl2FN3O2. The van der Waals surface area contributed by atoms with Gasteiger partial charge in [-0.3, -0.25) is 14.5 Å². The fourth-order valence-corrected chi connectivity index (χ4v) is 2.97. The largest absolute Gasteiger partial charge is 0.351 e. The Morgan fingerprint density at radius 1 is 1.00 bits per heavy atom. The maximum absolute atomic E-state index is 12.9. The second kappa shape index (κ2) is 11.1. The van der Waals surface area contributed by atoms with Crippen molar-refractivity contribution in [2.45, 2.75) is 20.0 Å². The van der Waals surface area contributed by atoms with Crippen molar-refractivity contribution in [3.8, 4) is 0 Å². The minimum atomic E-state index is -0.319. The monoisotopic (exact) mass is 439 g/mol. The average molecular weight is 440 g/mol. The molecule has 1 N–H and O–H groups in total. The molecule has 0 saturated heterocycles. The van der Waals surface area contributed by atoms with E-state index in [0.29, 0.717) is 29.7 Å². The molecule has 0 heterocycles. The smallest absolute Gasteiger partial charge is 0.236 e. The number of hydrogen-bond acceptors (Lipinski definition) is 3. The lowest BCUT2D eigenvalue weighted by Crippen LogP contribution is -2.43. The van der Waals surface area contributed by atoms with E-state index in [2.05, 4.69) is 5.32 Å². The van der Waals surface area contributed by atoms with Gasteiger partial charge in [0, 0.05) is 20.1 Å². The second-order valence-corrected chi connectivity index (χ2v) is 7.52. The van der Waals surface area contributed by atoms with Crippen LogP contribution in [0.15, 0.2) is 42.5 Å². The molecular weight excluding hydrogens is 416 g/mol. The number of hydrogen-bond donors (Lipinski definition) is 1. The summed E-state index contributed by atoms with van der Waals surface area (Å²) in [4.78, 5) is 28.0. The molecule has 0 aliphatic rings. The minimum Gasteiger partial charge on any atom is -0.351 e. The van der Waals surface area contributed by atoms with Crippen LogP contribution in [0, 0.1) is 5.82 Å². The number of nitrogens with one attached hydrogen (secondary N) is 1. The number of rotatable bonds is 9. The molecule has 2 aromatic carbocycles. The molecule has 29 heavy (non-hydrogen) atoms. The molecule has 0 radical (unpaired) electrons. The van der Waals surface area contributed by atoms with E-state index in [1.165, 1.54) is 12.1 Å². The highest BCUT2D eigenvalue weighted by Crippen LogP contribution is 2.23. The first kappa shape index (κ1) is 23.1. The summed E-state index contributed by atoms with van der Waals surface area (Å²) in [7, 11) is 1.70. The molecule has 0 spiro atoms. The van der Waals surface area contributed by atoms with Crippen LogP contribution in [0.4, 0.5) is 4.39 Å². The highest BCUT2D eigenvalue weighted by molar-refractivity contribution is 6.42. The van der Waals surface area contributed by atoms with E-state index in [9.17, 15) is 14.0 Å². The lowest BCUT2D eigenvalue weighted by molar-refractivity contribution is -0.132. The van der Waals surface area contributed by atoms with Gasteiger partial charge in [-0.25, -0.2) is 4.39 Å². The maximum atomic E-state index is 12.9. The Labute approximate surface area is 180 Å². The predicted octanol–water partition coefficient (Wildman–Crippen LogP) is 3.73. The third kappa shape index (κ3) is 7.65. The topological polar surface area (TPSA) is 52.7 Å². The highest BCUT2D eigenvalue weighted by Gasteiger charge is 2.16. The number of nitrogens with zero attached hydrogens (tertiary/aromatic N) is 2. The van der Waals surface area contributed by atoms with E-state index < -0.39 is 0 Å². The number of amides is 2. The fourth-order valence-electron chi connectivity index (χ4n) is 2.65. The van der Waals surface area contributed by atoms with E-state index in [1.54, 1.807) is 41.1 Å². The van der Waals surface area contributed by atoms with E-state index >= 15 is 0 Å². The van der Waals surface area contributed by atoms with Gasteiger partial charge in [-0.05, 0) is 41.9 Å². The summed E-state index contributed by atoms with van der Waals surface area (Å²) in [6.45, 7) is 3.37. The van der Waals surface area contributed by atoms with Crippen molar-refractivity contribution in [3.63, 3.8) is 0 Å². The molecule has 5 nitrogen and oxygen atoms in total. The van der Waals surface area contributed by atoms with Crippen molar-refractivity contribution >= 4 is 35.0 Å². The second-order valence-electron chi connectivity index (χ2n) is 6.70. The van der Waals surface area contributed by atoms with E-state index in [-0.39, 0.29) is 30.7 Å². The molecule has 0 aliphatic heterocycles. The Bertz CT molecular complexity index is 846. The summed E-state index contributed by atoms with van der Waals surface area (Å²) < 4.78 is 12.9. The summed E-state index contributed by atoms with van der Waals surface area (Å²) in [6, 6.07) is 11.2. The third-order valence-electron chi connectivity index (χ3n) is 4.41. The molecule has 2 rings (SSSR count). The van der Waals surface area contributed by atoms with Gasteiger partial charge in [-0.15, -0.1) is 0 Å². The molecule has 0 fully saturated rings. The standard InChI is InChI=1S/C21H24Cl2FN3O2/c1-3-27(13-20(28)25-11-15-4-7-17(24)8-5-15)14-21(29)26(2)12-16-6-9-18(22)19(23)10-16/h4-10H,3,11-14H2,1-2H3,(H,25,28). The molecule has 0 saturated carbocycles. The summed E-state index contributed by atoms with van der Waals surface area (Å²) >= 11 is 11.9. The first-order valence-corrected chi connectivity index (χ1v) is 9.95. The first-order valence-electron chi connectivity index (χ1n) is 9.20. The van der Waals surface area contributed by atoms with Crippen molar-refractivity contribution in [3.05, 3.63) is 69.5 Å². The van der Waals surface area contributed by atoms with Crippen LogP contribution < -0.4 is 5.32 Å². The molecule has 0 aromatic heterocycles. The van der Waals surface area contributed by atoms with E-state index in [4.69, 9.17) is 23.2 Å². The van der Waals surface area contributed by atoms with Crippen molar-refractivity contribution < 1.29 is 14.0 Å². The molecule has 0 bridgehead atoms. The third-order valence-corrected chi connectivity index (χ3v) is 5.14. The molecule has 0 aliphatic carbocycles. The number of carbonyl (C=O) groups excluding carboxylic acids is 2. The molecule has 0 unspecified atom stereocenters. The van der Waals surface area contributed by atoms with Crippen LogP contribution >= 0.6 is 23.2 Å². The van der Waals surface area contributed by atoms with Crippen LogP contribution in [0.25, 0.3) is 0 Å². The minimum absolute atomic E-state index is 0.101. The van der Waals surface area contributed by atoms with Crippen molar-refractivity contribution in [2.75, 3.05) is 26.7 Å². The quantitative estimate of drug-likeness (QED) is 0.647. The van der Waals surface area contributed by atoms with Crippen molar-refractivity contribution in [1.29, 1.82) is 0 Å². The molecule has 2 aromatic rings. The fraction of sp³-hybridized carbons (Fsp3) is 0.333. The normalized spacial score (nSPS) is 10.8. The zero-order valence-corrected chi connectivity index (χ0v) is 17.9. The average Bonchev–Trinajstić information content (AvgIpc) is 2.69. The van der Waals surface area contributed by atoms with Crippen LogP contribution in [0.2, 0.25) is 10.0 Å². The number of benzene rings is 2. The molecule has 0 atom stereocenters. The number of carbonyl (C=O) groups is 2. The van der Waals surface area contributed by atoms with Gasteiger partial charge in [0.15, 0.2) is 0 Å². The summed E-state index contributed by atoms with van der Waals surface area (Å²) in [5, 5.41) is 3.69. The Morgan fingerprint density at radius 2 is 1.66 bits per heavy atom. The maximum Gasteiger partial charge on any atom is 0.236 e. The van der Waals surface area contributed by atoms with Gasteiger partial charge >= 0.3 is 0 Å². The van der Waals surface area contributed by atoms with Crippen molar-refractivity contribution in [1.82, 2.24) is 15.1 Å². The van der Waals surface area contributed by atoms with Gasteiger partial charge in [-0.2, -0.15) is 0 Å². The molecule has 156 valence electrons.